The van der Waals surface area contributed by atoms with Gasteiger partial charge in [-0.05, 0) is 24.3 Å². The summed E-state index contributed by atoms with van der Waals surface area (Å²) in [5.41, 5.74) is 1.32. The smallest absolute Gasteiger partial charge is 0.145 e. The van der Waals surface area contributed by atoms with Crippen LogP contribution >= 0.6 is 46.4 Å². The first-order valence-corrected chi connectivity index (χ1v) is 6.52. The van der Waals surface area contributed by atoms with Crippen molar-refractivity contribution in [1.29, 1.82) is 0 Å². The van der Waals surface area contributed by atoms with Crippen LogP contribution in [0.15, 0.2) is 24.3 Å². The van der Waals surface area contributed by atoms with E-state index < -0.39 is 0 Å². The molecule has 2 rings (SSSR count). The summed E-state index contributed by atoms with van der Waals surface area (Å²) in [4.78, 5) is 4.35. The third-order valence-electron chi connectivity index (χ3n) is 2.30. The third-order valence-corrected chi connectivity index (χ3v) is 3.31. The molecule has 1 aromatic heterocycles. The van der Waals surface area contributed by atoms with Gasteiger partial charge in [-0.25, -0.2) is 4.98 Å². The molecule has 1 N–H and O–H groups in total. The van der Waals surface area contributed by atoms with E-state index in [0.717, 1.165) is 5.56 Å². The molecule has 18 heavy (non-hydrogen) atoms. The maximum Gasteiger partial charge on any atom is 0.145 e. The van der Waals surface area contributed by atoms with Crippen LogP contribution < -0.4 is 5.32 Å². The van der Waals surface area contributed by atoms with Crippen molar-refractivity contribution >= 4 is 52.2 Å². The Kier molecular flexibility index (Phi) is 4.23. The molecule has 0 saturated carbocycles. The van der Waals surface area contributed by atoms with Crippen LogP contribution in [-0.4, -0.2) is 12.0 Å². The minimum atomic E-state index is 0.442. The zero-order chi connectivity index (χ0) is 13.3. The number of hydrogen-bond donors (Lipinski definition) is 1. The Balaban J connectivity index is 2.62. The maximum atomic E-state index is 6.14. The van der Waals surface area contributed by atoms with Crippen molar-refractivity contribution in [2.24, 2.45) is 0 Å². The van der Waals surface area contributed by atoms with E-state index in [1.54, 1.807) is 31.3 Å². The largest absolute Gasteiger partial charge is 0.372 e. The lowest BCUT2D eigenvalue weighted by molar-refractivity contribution is 1.29. The number of anilines is 1. The van der Waals surface area contributed by atoms with Crippen LogP contribution in [0.4, 0.5) is 5.82 Å². The summed E-state index contributed by atoms with van der Waals surface area (Å²) < 4.78 is 0. The zero-order valence-corrected chi connectivity index (χ0v) is 12.3. The highest BCUT2D eigenvalue weighted by atomic mass is 35.5. The van der Waals surface area contributed by atoms with Gasteiger partial charge in [0, 0.05) is 22.7 Å². The molecular weight excluding hydrogens is 314 g/mol. The molecule has 94 valence electrons. The molecule has 0 aliphatic carbocycles. The van der Waals surface area contributed by atoms with Crippen LogP contribution in [0.3, 0.4) is 0 Å². The molecule has 0 radical (unpaired) electrons. The minimum absolute atomic E-state index is 0.442. The molecule has 0 aliphatic heterocycles. The second-order valence-electron chi connectivity index (χ2n) is 3.56. The lowest BCUT2D eigenvalue weighted by Gasteiger charge is -2.09. The first-order chi connectivity index (χ1) is 8.51. The molecule has 0 bridgehead atoms. The van der Waals surface area contributed by atoms with Crippen molar-refractivity contribution in [2.45, 2.75) is 0 Å². The van der Waals surface area contributed by atoms with Crippen LogP contribution in [-0.2, 0) is 0 Å². The number of rotatable bonds is 2. The van der Waals surface area contributed by atoms with E-state index in [2.05, 4.69) is 10.3 Å². The fourth-order valence-electron chi connectivity index (χ4n) is 1.53. The van der Waals surface area contributed by atoms with E-state index in [4.69, 9.17) is 46.4 Å². The minimum Gasteiger partial charge on any atom is -0.372 e. The number of hydrogen-bond acceptors (Lipinski definition) is 2. The lowest BCUT2D eigenvalue weighted by Crippen LogP contribution is -1.96. The summed E-state index contributed by atoms with van der Waals surface area (Å²) in [6.45, 7) is 0. The van der Waals surface area contributed by atoms with Crippen LogP contribution in [0, 0.1) is 0 Å². The average molecular weight is 322 g/mol. The second kappa shape index (κ2) is 5.54. The van der Waals surface area contributed by atoms with Crippen molar-refractivity contribution < 1.29 is 0 Å². The monoisotopic (exact) mass is 320 g/mol. The van der Waals surface area contributed by atoms with Gasteiger partial charge in [-0.1, -0.05) is 46.4 Å². The predicted octanol–water partition coefficient (Wildman–Crippen LogP) is 5.40. The Bertz CT molecular complexity index is 579. The quantitative estimate of drug-likeness (QED) is 0.800. The fraction of sp³-hybridized carbons (Fsp3) is 0.0833. The second-order valence-corrected chi connectivity index (χ2v) is 5.24. The van der Waals surface area contributed by atoms with Gasteiger partial charge < -0.3 is 5.32 Å². The Hall–Kier alpha value is -0.670. The average Bonchev–Trinajstić information content (AvgIpc) is 2.27. The van der Waals surface area contributed by atoms with Gasteiger partial charge in [0.15, 0.2) is 0 Å². The first-order valence-electron chi connectivity index (χ1n) is 5.01. The zero-order valence-electron chi connectivity index (χ0n) is 9.27. The highest BCUT2D eigenvalue weighted by Gasteiger charge is 2.11. The molecular formula is C12H8Cl4N2. The molecule has 0 amide bonds. The summed E-state index contributed by atoms with van der Waals surface area (Å²) in [6, 6.07) is 6.77. The number of halogens is 4. The van der Waals surface area contributed by atoms with Crippen LogP contribution in [0.5, 0.6) is 0 Å². The van der Waals surface area contributed by atoms with E-state index >= 15 is 0 Å². The van der Waals surface area contributed by atoms with Crippen molar-refractivity contribution in [2.75, 3.05) is 12.4 Å². The number of nitrogens with zero attached hydrogens (tertiary/aromatic N) is 1. The summed E-state index contributed by atoms with van der Waals surface area (Å²) in [5.74, 6) is 0.548. The number of aromatic nitrogens is 1. The van der Waals surface area contributed by atoms with Crippen molar-refractivity contribution in [1.82, 2.24) is 4.98 Å². The van der Waals surface area contributed by atoms with Crippen molar-refractivity contribution in [3.8, 4) is 11.3 Å². The van der Waals surface area contributed by atoms with Crippen LogP contribution in [0.2, 0.25) is 20.1 Å². The van der Waals surface area contributed by atoms with Gasteiger partial charge >= 0.3 is 0 Å². The van der Waals surface area contributed by atoms with Gasteiger partial charge in [0.05, 0.1) is 15.7 Å². The SMILES string of the molecule is CNc1nc(-c2cc(Cl)cc(Cl)c2)c(Cl)cc1Cl. The summed E-state index contributed by atoms with van der Waals surface area (Å²) in [5, 5.41) is 4.84. The molecule has 0 unspecified atom stereocenters. The molecule has 6 heteroatoms. The van der Waals surface area contributed by atoms with E-state index in [0.29, 0.717) is 31.6 Å². The first kappa shape index (κ1) is 13.8. The fourth-order valence-corrected chi connectivity index (χ4v) is 2.62. The van der Waals surface area contributed by atoms with Crippen LogP contribution in [0.1, 0.15) is 0 Å². The molecule has 2 aromatic rings. The van der Waals surface area contributed by atoms with Gasteiger partial charge in [-0.15, -0.1) is 0 Å². The molecule has 0 spiro atoms. The van der Waals surface area contributed by atoms with Gasteiger partial charge in [-0.3, -0.25) is 0 Å². The third kappa shape index (κ3) is 2.83. The molecule has 0 fully saturated rings. The number of nitrogens with one attached hydrogen (secondary N) is 1. The molecule has 1 aromatic carbocycles. The highest BCUT2D eigenvalue weighted by Crippen LogP contribution is 2.34. The van der Waals surface area contributed by atoms with E-state index in [1.807, 2.05) is 0 Å². The summed E-state index contributed by atoms with van der Waals surface area (Å²) >= 11 is 24.0. The molecule has 1 heterocycles. The van der Waals surface area contributed by atoms with Crippen molar-refractivity contribution in [3.05, 3.63) is 44.4 Å². The Morgan fingerprint density at radius 3 is 2.06 bits per heavy atom. The Labute approximate surface area is 125 Å². The number of benzene rings is 1. The van der Waals surface area contributed by atoms with Gasteiger partial charge in [0.2, 0.25) is 0 Å². The topological polar surface area (TPSA) is 24.9 Å². The maximum absolute atomic E-state index is 6.14. The van der Waals surface area contributed by atoms with Gasteiger partial charge in [-0.2, -0.15) is 0 Å². The van der Waals surface area contributed by atoms with Crippen LogP contribution in [0.25, 0.3) is 11.3 Å². The van der Waals surface area contributed by atoms with E-state index in [-0.39, 0.29) is 0 Å². The normalized spacial score (nSPS) is 10.5. The van der Waals surface area contributed by atoms with Gasteiger partial charge in [0.1, 0.15) is 5.82 Å². The number of pyridine rings is 1. The molecule has 0 atom stereocenters. The standard InChI is InChI=1S/C12H8Cl4N2/c1-17-12-10(16)5-9(15)11(18-12)6-2-7(13)4-8(14)3-6/h2-5H,1H3,(H,17,18). The van der Waals surface area contributed by atoms with Gasteiger partial charge in [0.25, 0.3) is 0 Å². The predicted molar refractivity (Wildman–Crippen MR) is 79.3 cm³/mol. The lowest BCUT2D eigenvalue weighted by atomic mass is 10.1. The highest BCUT2D eigenvalue weighted by molar-refractivity contribution is 6.38. The van der Waals surface area contributed by atoms with Crippen molar-refractivity contribution in [3.63, 3.8) is 0 Å². The van der Waals surface area contributed by atoms with E-state index in [1.165, 1.54) is 0 Å². The molecule has 0 aliphatic rings. The molecule has 2 nitrogen and oxygen atoms in total. The summed E-state index contributed by atoms with van der Waals surface area (Å²) in [6.07, 6.45) is 0. The Morgan fingerprint density at radius 1 is 0.889 bits per heavy atom. The Morgan fingerprint density at radius 2 is 1.50 bits per heavy atom. The molecule has 0 saturated heterocycles. The summed E-state index contributed by atoms with van der Waals surface area (Å²) in [7, 11) is 1.73. The van der Waals surface area contributed by atoms with E-state index in [9.17, 15) is 0 Å².